The third-order valence-electron chi connectivity index (χ3n) is 1.62. The molecule has 1 aliphatic rings. The fourth-order valence-corrected chi connectivity index (χ4v) is 2.06. The Balaban J connectivity index is 3.31. The largest absolute Gasteiger partial charge is 0.435 e. The second-order valence-electron chi connectivity index (χ2n) is 2.70. The molecule has 0 aromatic rings. The SMILES string of the molecule is NC(=O)NS(=O)(=O)C1(C(F)(F)F)C=CN=N1. The van der Waals surface area contributed by atoms with Crippen molar-refractivity contribution in [2.24, 2.45) is 16.0 Å². The topological polar surface area (TPSA) is 114 Å². The highest BCUT2D eigenvalue weighted by Crippen LogP contribution is 2.41. The van der Waals surface area contributed by atoms with E-state index >= 15 is 0 Å². The highest BCUT2D eigenvalue weighted by molar-refractivity contribution is 7.91. The van der Waals surface area contributed by atoms with Gasteiger partial charge in [0.05, 0.1) is 0 Å². The van der Waals surface area contributed by atoms with Crippen LogP contribution >= 0.6 is 0 Å². The molecule has 1 aliphatic heterocycles. The van der Waals surface area contributed by atoms with E-state index < -0.39 is 27.1 Å². The second-order valence-corrected chi connectivity index (χ2v) is 4.53. The summed E-state index contributed by atoms with van der Waals surface area (Å²) in [7, 11) is -5.18. The van der Waals surface area contributed by atoms with Crippen LogP contribution < -0.4 is 10.5 Å². The van der Waals surface area contributed by atoms with Crippen LogP contribution in [0, 0.1) is 0 Å². The number of carbonyl (C=O) groups is 1. The smallest absolute Gasteiger partial charge is 0.351 e. The molecule has 0 aliphatic carbocycles. The van der Waals surface area contributed by atoms with Crippen LogP contribution in [0.25, 0.3) is 0 Å². The predicted octanol–water partition coefficient (Wildman–Crippen LogP) is 0.223. The number of azo groups is 1. The molecule has 0 fully saturated rings. The van der Waals surface area contributed by atoms with Gasteiger partial charge in [0.2, 0.25) is 0 Å². The number of hydrogen-bond donors (Lipinski definition) is 2. The minimum atomic E-state index is -5.26. The van der Waals surface area contributed by atoms with Crippen LogP contribution in [0.2, 0.25) is 0 Å². The first-order valence-corrected chi connectivity index (χ1v) is 5.09. The van der Waals surface area contributed by atoms with Gasteiger partial charge in [0.15, 0.2) is 0 Å². The van der Waals surface area contributed by atoms with E-state index in [1.165, 1.54) is 0 Å². The Bertz CT molecular complexity index is 454. The maximum atomic E-state index is 12.6. The molecule has 1 unspecified atom stereocenters. The van der Waals surface area contributed by atoms with Crippen molar-refractivity contribution in [2.45, 2.75) is 11.0 Å². The number of hydrogen-bond acceptors (Lipinski definition) is 5. The standard InChI is InChI=1S/C5H5F3N4O3S/c6-5(7,8)4(1-2-10-12-4)16(14,15)11-3(9)13/h1-2H,(H3,9,11,13). The van der Waals surface area contributed by atoms with E-state index in [0.29, 0.717) is 6.20 Å². The van der Waals surface area contributed by atoms with Crippen molar-refractivity contribution in [3.63, 3.8) is 0 Å². The van der Waals surface area contributed by atoms with Crippen molar-refractivity contribution in [3.8, 4) is 0 Å². The second kappa shape index (κ2) is 3.43. The Morgan fingerprint density at radius 1 is 1.44 bits per heavy atom. The van der Waals surface area contributed by atoms with E-state index in [1.54, 1.807) is 0 Å². The van der Waals surface area contributed by atoms with E-state index in [4.69, 9.17) is 0 Å². The molecule has 0 aromatic carbocycles. The van der Waals surface area contributed by atoms with Gasteiger partial charge in [-0.25, -0.2) is 17.9 Å². The molecular weight excluding hydrogens is 253 g/mol. The van der Waals surface area contributed by atoms with Gasteiger partial charge in [-0.1, -0.05) is 0 Å². The summed E-state index contributed by atoms with van der Waals surface area (Å²) in [5, 5.41) is 5.42. The van der Waals surface area contributed by atoms with Gasteiger partial charge in [0, 0.05) is 6.20 Å². The first kappa shape index (κ1) is 12.4. The number of rotatable bonds is 2. The number of nitrogens with two attached hydrogens (primary N) is 1. The van der Waals surface area contributed by atoms with Crippen LogP contribution in [-0.4, -0.2) is 25.5 Å². The molecule has 1 rings (SSSR count). The number of amides is 2. The molecule has 0 aromatic heterocycles. The van der Waals surface area contributed by atoms with Crippen molar-refractivity contribution in [1.82, 2.24) is 4.72 Å². The lowest BCUT2D eigenvalue weighted by Gasteiger charge is -2.24. The minimum Gasteiger partial charge on any atom is -0.351 e. The van der Waals surface area contributed by atoms with Gasteiger partial charge in [-0.2, -0.15) is 18.3 Å². The van der Waals surface area contributed by atoms with Gasteiger partial charge < -0.3 is 5.73 Å². The first-order valence-electron chi connectivity index (χ1n) is 3.61. The van der Waals surface area contributed by atoms with E-state index in [2.05, 4.69) is 16.0 Å². The normalized spacial score (nSPS) is 24.7. The van der Waals surface area contributed by atoms with Gasteiger partial charge in [-0.05, 0) is 6.08 Å². The lowest BCUT2D eigenvalue weighted by Crippen LogP contribution is -2.55. The van der Waals surface area contributed by atoms with Crippen LogP contribution in [0.3, 0.4) is 0 Å². The number of carbonyl (C=O) groups excluding carboxylic acids is 1. The Kier molecular flexibility index (Phi) is 2.67. The molecule has 90 valence electrons. The first-order chi connectivity index (χ1) is 7.12. The number of alkyl halides is 3. The minimum absolute atomic E-state index is 0.207. The third kappa shape index (κ3) is 1.73. The summed E-state index contributed by atoms with van der Waals surface area (Å²) in [5.41, 5.74) is 4.46. The van der Waals surface area contributed by atoms with Crippen LogP contribution in [0.1, 0.15) is 0 Å². The van der Waals surface area contributed by atoms with Crippen molar-refractivity contribution in [3.05, 3.63) is 12.3 Å². The van der Waals surface area contributed by atoms with Crippen molar-refractivity contribution in [2.75, 3.05) is 0 Å². The molecule has 0 saturated heterocycles. The van der Waals surface area contributed by atoms with Gasteiger partial charge in [0.1, 0.15) is 0 Å². The van der Waals surface area contributed by atoms with Gasteiger partial charge >= 0.3 is 17.1 Å². The Hall–Kier alpha value is -1.65. The number of sulfonamides is 1. The van der Waals surface area contributed by atoms with E-state index in [-0.39, 0.29) is 6.08 Å². The predicted molar refractivity (Wildman–Crippen MR) is 44.4 cm³/mol. The lowest BCUT2D eigenvalue weighted by atomic mass is 10.3. The molecule has 1 atom stereocenters. The summed E-state index contributed by atoms with van der Waals surface area (Å²) in [6, 6.07) is -1.64. The summed E-state index contributed by atoms with van der Waals surface area (Å²) < 4.78 is 61.3. The zero-order chi connectivity index (χ0) is 12.6. The number of primary amides is 1. The highest BCUT2D eigenvalue weighted by atomic mass is 32.2. The lowest BCUT2D eigenvalue weighted by molar-refractivity contribution is -0.148. The molecule has 7 nitrogen and oxygen atoms in total. The van der Waals surface area contributed by atoms with Crippen molar-refractivity contribution in [1.29, 1.82) is 0 Å². The van der Waals surface area contributed by atoms with Crippen LogP contribution in [0.5, 0.6) is 0 Å². The summed E-state index contributed by atoms with van der Waals surface area (Å²) >= 11 is 0. The third-order valence-corrected chi connectivity index (χ3v) is 3.36. The summed E-state index contributed by atoms with van der Waals surface area (Å²) in [4.78, 5) is 6.71. The van der Waals surface area contributed by atoms with Gasteiger partial charge in [-0.3, -0.25) is 0 Å². The van der Waals surface area contributed by atoms with Crippen molar-refractivity contribution < 1.29 is 26.4 Å². The summed E-state index contributed by atoms with van der Waals surface area (Å²) in [6.45, 7) is 0. The number of urea groups is 1. The van der Waals surface area contributed by atoms with Crippen LogP contribution in [-0.2, 0) is 10.0 Å². The molecule has 3 N–H and O–H groups in total. The monoisotopic (exact) mass is 258 g/mol. The number of nitrogens with zero attached hydrogens (tertiary/aromatic N) is 2. The average molecular weight is 258 g/mol. The molecule has 0 saturated carbocycles. The Morgan fingerprint density at radius 2 is 2.00 bits per heavy atom. The quantitative estimate of drug-likeness (QED) is 0.738. The average Bonchev–Trinajstić information content (AvgIpc) is 2.47. The Labute approximate surface area is 87.3 Å². The van der Waals surface area contributed by atoms with Crippen LogP contribution in [0.4, 0.5) is 18.0 Å². The molecule has 0 radical (unpaired) electrons. The number of halogens is 3. The molecule has 16 heavy (non-hydrogen) atoms. The Morgan fingerprint density at radius 3 is 2.31 bits per heavy atom. The molecule has 1 heterocycles. The highest BCUT2D eigenvalue weighted by Gasteiger charge is 2.65. The molecule has 2 amide bonds. The molecule has 0 spiro atoms. The zero-order valence-corrected chi connectivity index (χ0v) is 8.21. The van der Waals surface area contributed by atoms with Gasteiger partial charge in [-0.15, -0.1) is 5.11 Å². The molecule has 11 heteroatoms. The summed E-state index contributed by atoms with van der Waals surface area (Å²) in [5.74, 6) is 0. The summed E-state index contributed by atoms with van der Waals surface area (Å²) in [6.07, 6.45) is -4.49. The maximum Gasteiger partial charge on any atom is 0.435 e. The maximum absolute atomic E-state index is 12.6. The van der Waals surface area contributed by atoms with Gasteiger partial charge in [0.25, 0.3) is 10.0 Å². The fourth-order valence-electron chi connectivity index (χ4n) is 0.944. The zero-order valence-electron chi connectivity index (χ0n) is 7.39. The van der Waals surface area contributed by atoms with E-state index in [1.807, 2.05) is 0 Å². The number of nitrogens with one attached hydrogen (secondary N) is 1. The van der Waals surface area contributed by atoms with Crippen molar-refractivity contribution >= 4 is 16.1 Å². The fraction of sp³-hybridized carbons (Fsp3) is 0.400. The van der Waals surface area contributed by atoms with E-state index in [0.717, 1.165) is 4.72 Å². The van der Waals surface area contributed by atoms with E-state index in [9.17, 15) is 26.4 Å². The molecule has 0 bridgehead atoms. The molecular formula is C5H5F3N4O3S. The van der Waals surface area contributed by atoms with Crippen LogP contribution in [0.15, 0.2) is 22.5 Å².